The Balaban J connectivity index is 2.24. The van der Waals surface area contributed by atoms with Gasteiger partial charge in [0.1, 0.15) is 6.04 Å². The van der Waals surface area contributed by atoms with E-state index in [4.69, 9.17) is 0 Å². The molecule has 37 heavy (non-hydrogen) atoms. The standard InChI is InChI=1S/C26H47N5O5S/c1-4-5-6-7-8-9-10-11-12-13-14-16-31-18-22(29-30-31)15-17-37-20-24(27-21(2)33)25(34)28-23(19-32)26(35)36-3/h18,23-24,32H,4-17,19-20H2,1-3H3,(H,27,33)(H,28,34)/t23-,24-/m0/s1. The fraction of sp³-hybridized carbons (Fsp3) is 0.808. The number of amides is 2. The Morgan fingerprint density at radius 1 is 1.00 bits per heavy atom. The van der Waals surface area contributed by atoms with Crippen LogP contribution in [0, 0.1) is 0 Å². The number of rotatable bonds is 22. The van der Waals surface area contributed by atoms with E-state index >= 15 is 0 Å². The van der Waals surface area contributed by atoms with Gasteiger partial charge in [-0.25, -0.2) is 4.79 Å². The third kappa shape index (κ3) is 15.7. The number of nitrogens with one attached hydrogen (secondary N) is 2. The highest BCUT2D eigenvalue weighted by Crippen LogP contribution is 2.12. The van der Waals surface area contributed by atoms with Crippen molar-refractivity contribution in [1.29, 1.82) is 0 Å². The van der Waals surface area contributed by atoms with Crippen LogP contribution in [0.2, 0.25) is 0 Å². The number of carbonyl (C=O) groups is 3. The smallest absolute Gasteiger partial charge is 0.330 e. The molecule has 1 aromatic rings. The number of hydrogen-bond donors (Lipinski definition) is 3. The predicted molar refractivity (Wildman–Crippen MR) is 146 cm³/mol. The van der Waals surface area contributed by atoms with Crippen LogP contribution in [0.25, 0.3) is 0 Å². The third-order valence-corrected chi connectivity index (χ3v) is 7.10. The molecule has 1 aromatic heterocycles. The van der Waals surface area contributed by atoms with Crippen molar-refractivity contribution in [1.82, 2.24) is 25.6 Å². The van der Waals surface area contributed by atoms with Crippen LogP contribution >= 0.6 is 11.8 Å². The van der Waals surface area contributed by atoms with Gasteiger partial charge in [0.2, 0.25) is 11.8 Å². The van der Waals surface area contributed by atoms with E-state index in [-0.39, 0.29) is 5.91 Å². The molecule has 10 nitrogen and oxygen atoms in total. The maximum absolute atomic E-state index is 12.5. The van der Waals surface area contributed by atoms with E-state index in [0.29, 0.717) is 17.9 Å². The number of hydrogen-bond acceptors (Lipinski definition) is 8. The van der Waals surface area contributed by atoms with E-state index < -0.39 is 30.6 Å². The molecule has 0 saturated heterocycles. The number of aliphatic hydroxyl groups excluding tert-OH is 1. The Morgan fingerprint density at radius 3 is 2.19 bits per heavy atom. The zero-order valence-electron chi connectivity index (χ0n) is 22.9. The minimum absolute atomic E-state index is 0.317. The average molecular weight is 542 g/mol. The number of aryl methyl sites for hydroxylation is 2. The Bertz CT molecular complexity index is 776. The minimum Gasteiger partial charge on any atom is -0.467 e. The van der Waals surface area contributed by atoms with Crippen LogP contribution in [0.4, 0.5) is 0 Å². The lowest BCUT2D eigenvalue weighted by Gasteiger charge is -2.20. The largest absolute Gasteiger partial charge is 0.467 e. The van der Waals surface area contributed by atoms with Crippen molar-refractivity contribution in [2.45, 2.75) is 110 Å². The molecule has 0 bridgehead atoms. The summed E-state index contributed by atoms with van der Waals surface area (Å²) in [7, 11) is 1.17. The Kier molecular flexibility index (Phi) is 18.5. The molecular weight excluding hydrogens is 494 g/mol. The molecule has 0 aliphatic heterocycles. The molecule has 1 rings (SSSR count). The molecule has 2 amide bonds. The van der Waals surface area contributed by atoms with Crippen molar-refractivity contribution in [2.24, 2.45) is 0 Å². The number of thioether (sulfide) groups is 1. The van der Waals surface area contributed by atoms with E-state index in [0.717, 1.165) is 18.7 Å². The maximum atomic E-state index is 12.5. The van der Waals surface area contributed by atoms with Crippen molar-refractivity contribution >= 4 is 29.5 Å². The molecule has 0 aromatic carbocycles. The number of carbonyl (C=O) groups excluding carboxylic acids is 3. The summed E-state index contributed by atoms with van der Waals surface area (Å²) in [6, 6.07) is -2.01. The summed E-state index contributed by atoms with van der Waals surface area (Å²) in [5.41, 5.74) is 0.891. The van der Waals surface area contributed by atoms with Gasteiger partial charge in [0.15, 0.2) is 6.04 Å². The second-order valence-electron chi connectivity index (χ2n) is 9.35. The lowest BCUT2D eigenvalue weighted by molar-refractivity contribution is -0.146. The van der Waals surface area contributed by atoms with Crippen LogP contribution in [0.15, 0.2) is 6.20 Å². The number of unbranched alkanes of at least 4 members (excludes halogenated alkanes) is 10. The van der Waals surface area contributed by atoms with Crippen molar-refractivity contribution < 1.29 is 24.2 Å². The number of aromatic nitrogens is 3. The van der Waals surface area contributed by atoms with Crippen LogP contribution in [0.3, 0.4) is 0 Å². The van der Waals surface area contributed by atoms with Crippen molar-refractivity contribution in [3.63, 3.8) is 0 Å². The van der Waals surface area contributed by atoms with E-state index in [9.17, 15) is 19.5 Å². The summed E-state index contributed by atoms with van der Waals surface area (Å²) in [6.45, 7) is 3.85. The van der Waals surface area contributed by atoms with Crippen molar-refractivity contribution in [2.75, 3.05) is 25.2 Å². The highest BCUT2D eigenvalue weighted by atomic mass is 32.2. The van der Waals surface area contributed by atoms with Gasteiger partial charge in [-0.15, -0.1) is 5.10 Å². The van der Waals surface area contributed by atoms with Gasteiger partial charge < -0.3 is 20.5 Å². The molecule has 0 aliphatic carbocycles. The molecule has 0 saturated carbocycles. The molecule has 0 fully saturated rings. The topological polar surface area (TPSA) is 135 Å². The lowest BCUT2D eigenvalue weighted by Crippen LogP contribution is -2.53. The number of aliphatic hydroxyl groups is 1. The molecule has 212 valence electrons. The van der Waals surface area contributed by atoms with Gasteiger partial charge in [0.25, 0.3) is 0 Å². The summed E-state index contributed by atoms with van der Waals surface area (Å²) >= 11 is 1.49. The van der Waals surface area contributed by atoms with Gasteiger partial charge in [-0.1, -0.05) is 76.3 Å². The summed E-state index contributed by atoms with van der Waals surface area (Å²) in [5, 5.41) is 22.8. The van der Waals surface area contributed by atoms with E-state index in [1.807, 2.05) is 10.9 Å². The molecule has 1 heterocycles. The monoisotopic (exact) mass is 541 g/mol. The fourth-order valence-electron chi connectivity index (χ4n) is 3.90. The van der Waals surface area contributed by atoms with Gasteiger partial charge in [-0.3, -0.25) is 14.3 Å². The summed E-state index contributed by atoms with van der Waals surface area (Å²) in [4.78, 5) is 35.6. The van der Waals surface area contributed by atoms with Crippen LogP contribution < -0.4 is 10.6 Å². The van der Waals surface area contributed by atoms with E-state index in [2.05, 4.69) is 32.6 Å². The molecule has 11 heteroatoms. The SMILES string of the molecule is CCCCCCCCCCCCCn1cc(CCSC[C@H](NC(C)=O)C(=O)N[C@@H](CO)C(=O)OC)nn1. The Hall–Kier alpha value is -2.14. The van der Waals surface area contributed by atoms with Gasteiger partial charge in [0, 0.05) is 31.8 Å². The summed E-state index contributed by atoms with van der Waals surface area (Å²) in [5.74, 6) is -0.644. The molecule has 0 unspecified atom stereocenters. The first-order valence-electron chi connectivity index (χ1n) is 13.6. The lowest BCUT2D eigenvalue weighted by atomic mass is 10.1. The predicted octanol–water partition coefficient (Wildman–Crippen LogP) is 3.02. The highest BCUT2D eigenvalue weighted by Gasteiger charge is 2.26. The summed E-state index contributed by atoms with van der Waals surface area (Å²) < 4.78 is 6.45. The molecule has 0 spiro atoms. The second kappa shape index (κ2) is 20.9. The van der Waals surface area contributed by atoms with Gasteiger partial charge in [-0.2, -0.15) is 11.8 Å². The first-order valence-corrected chi connectivity index (χ1v) is 14.8. The van der Waals surface area contributed by atoms with Gasteiger partial charge >= 0.3 is 5.97 Å². The highest BCUT2D eigenvalue weighted by molar-refractivity contribution is 7.99. The van der Waals surface area contributed by atoms with Gasteiger partial charge in [0.05, 0.1) is 19.4 Å². The van der Waals surface area contributed by atoms with Crippen LogP contribution in [0.1, 0.15) is 90.2 Å². The Labute approximate surface area is 226 Å². The maximum Gasteiger partial charge on any atom is 0.330 e. The first-order chi connectivity index (χ1) is 17.9. The molecule has 0 radical (unpaired) electrons. The minimum atomic E-state index is -1.17. The quantitative estimate of drug-likeness (QED) is 0.151. The average Bonchev–Trinajstić information content (AvgIpc) is 3.34. The Morgan fingerprint density at radius 2 is 1.62 bits per heavy atom. The van der Waals surface area contributed by atoms with E-state index in [1.54, 1.807) is 0 Å². The normalized spacial score (nSPS) is 12.6. The zero-order chi connectivity index (χ0) is 27.3. The molecular formula is C26H47N5O5S. The summed E-state index contributed by atoms with van der Waals surface area (Å²) in [6.07, 6.45) is 17.1. The van der Waals surface area contributed by atoms with Crippen LogP contribution in [-0.4, -0.2) is 75.2 Å². The molecule has 0 aliphatic rings. The number of esters is 1. The number of ether oxygens (including phenoxy) is 1. The fourth-order valence-corrected chi connectivity index (χ4v) is 4.89. The zero-order valence-corrected chi connectivity index (χ0v) is 23.7. The second-order valence-corrected chi connectivity index (χ2v) is 10.5. The van der Waals surface area contributed by atoms with Crippen LogP contribution in [0.5, 0.6) is 0 Å². The van der Waals surface area contributed by atoms with E-state index in [1.165, 1.54) is 90.0 Å². The molecule has 2 atom stereocenters. The van der Waals surface area contributed by atoms with Crippen LogP contribution in [-0.2, 0) is 32.1 Å². The third-order valence-electron chi connectivity index (χ3n) is 6.04. The van der Waals surface area contributed by atoms with Crippen molar-refractivity contribution in [3.05, 3.63) is 11.9 Å². The van der Waals surface area contributed by atoms with Gasteiger partial charge in [-0.05, 0) is 12.2 Å². The molecule has 3 N–H and O–H groups in total. The number of methoxy groups -OCH3 is 1. The first kappa shape index (κ1) is 32.9. The number of nitrogens with zero attached hydrogens (tertiary/aromatic N) is 3. The van der Waals surface area contributed by atoms with Crippen molar-refractivity contribution in [3.8, 4) is 0 Å².